The van der Waals surface area contributed by atoms with E-state index in [0.29, 0.717) is 18.0 Å². The lowest BCUT2D eigenvalue weighted by Crippen LogP contribution is -2.44. The van der Waals surface area contributed by atoms with Gasteiger partial charge in [0.15, 0.2) is 11.5 Å². The van der Waals surface area contributed by atoms with Gasteiger partial charge in [-0.1, -0.05) is 5.16 Å². The number of halogens is 2. The number of amides is 1. The zero-order chi connectivity index (χ0) is 15.9. The summed E-state index contributed by atoms with van der Waals surface area (Å²) in [5.41, 5.74) is 1.16. The van der Waals surface area contributed by atoms with Crippen LogP contribution in [0, 0.1) is 0 Å². The van der Waals surface area contributed by atoms with Crippen LogP contribution in [0.3, 0.4) is 0 Å². The Hall–Kier alpha value is -1.67. The Morgan fingerprint density at radius 3 is 2.68 bits per heavy atom. The van der Waals surface area contributed by atoms with Crippen molar-refractivity contribution in [2.45, 2.75) is 6.42 Å². The molecule has 1 fully saturated rings. The average Bonchev–Trinajstić information content (AvgIpc) is 3.10. The molecule has 7 nitrogen and oxygen atoms in total. The molecule has 0 radical (unpaired) electrons. The third-order valence-corrected chi connectivity index (χ3v) is 3.85. The molecule has 25 heavy (non-hydrogen) atoms. The molecule has 138 valence electrons. The topological polar surface area (TPSA) is 83.3 Å². The second-order valence-electron chi connectivity index (χ2n) is 5.51. The van der Waals surface area contributed by atoms with Crippen LogP contribution >= 0.6 is 24.8 Å². The Morgan fingerprint density at radius 2 is 1.96 bits per heavy atom. The largest absolute Gasteiger partial charge is 0.355 e. The van der Waals surface area contributed by atoms with Gasteiger partial charge >= 0.3 is 0 Å². The molecule has 3 rings (SSSR count). The highest BCUT2D eigenvalue weighted by Gasteiger charge is 2.14. The number of rotatable bonds is 6. The quantitative estimate of drug-likeness (QED) is 0.732. The number of nitrogens with one attached hydrogen (secondary N) is 2. The van der Waals surface area contributed by atoms with E-state index in [2.05, 4.69) is 25.7 Å². The molecular formula is C16H23Cl2N5O2. The number of piperazine rings is 1. The minimum Gasteiger partial charge on any atom is -0.355 e. The van der Waals surface area contributed by atoms with Crippen LogP contribution in [-0.2, 0) is 0 Å². The van der Waals surface area contributed by atoms with Crippen LogP contribution < -0.4 is 10.6 Å². The summed E-state index contributed by atoms with van der Waals surface area (Å²) >= 11 is 0. The Balaban J connectivity index is 0.00000156. The van der Waals surface area contributed by atoms with Crippen molar-refractivity contribution in [2.75, 3.05) is 39.3 Å². The second-order valence-corrected chi connectivity index (χ2v) is 5.51. The van der Waals surface area contributed by atoms with Crippen LogP contribution in [0.25, 0.3) is 11.3 Å². The molecule has 0 aliphatic carbocycles. The van der Waals surface area contributed by atoms with Gasteiger partial charge in [-0.25, -0.2) is 0 Å². The summed E-state index contributed by atoms with van der Waals surface area (Å²) in [6.45, 7) is 5.88. The third-order valence-electron chi connectivity index (χ3n) is 3.85. The van der Waals surface area contributed by atoms with Gasteiger partial charge in [0.05, 0.1) is 0 Å². The molecule has 1 aliphatic rings. The fourth-order valence-electron chi connectivity index (χ4n) is 2.56. The monoisotopic (exact) mass is 387 g/mol. The summed E-state index contributed by atoms with van der Waals surface area (Å²) in [5.74, 6) is 0.368. The molecule has 2 N–H and O–H groups in total. The lowest BCUT2D eigenvalue weighted by atomic mass is 10.2. The predicted octanol–water partition coefficient (Wildman–Crippen LogP) is 1.61. The van der Waals surface area contributed by atoms with Crippen molar-refractivity contribution in [1.29, 1.82) is 0 Å². The van der Waals surface area contributed by atoms with Crippen LogP contribution in [0.5, 0.6) is 0 Å². The molecule has 2 aromatic rings. The van der Waals surface area contributed by atoms with Crippen molar-refractivity contribution in [3.8, 4) is 11.3 Å². The first-order chi connectivity index (χ1) is 11.3. The Labute approximate surface area is 159 Å². The van der Waals surface area contributed by atoms with Gasteiger partial charge in [-0.3, -0.25) is 9.78 Å². The number of nitrogens with zero attached hydrogens (tertiary/aromatic N) is 3. The zero-order valence-electron chi connectivity index (χ0n) is 13.8. The fourth-order valence-corrected chi connectivity index (χ4v) is 2.56. The molecule has 0 atom stereocenters. The van der Waals surface area contributed by atoms with Gasteiger partial charge in [-0.05, 0) is 25.1 Å². The maximum atomic E-state index is 12.1. The lowest BCUT2D eigenvalue weighted by molar-refractivity contribution is 0.0942. The van der Waals surface area contributed by atoms with Crippen molar-refractivity contribution in [3.05, 3.63) is 36.3 Å². The van der Waals surface area contributed by atoms with E-state index in [0.717, 1.165) is 44.7 Å². The van der Waals surface area contributed by atoms with Gasteiger partial charge < -0.3 is 20.1 Å². The van der Waals surface area contributed by atoms with Crippen molar-refractivity contribution < 1.29 is 9.32 Å². The van der Waals surface area contributed by atoms with E-state index in [-0.39, 0.29) is 30.7 Å². The molecule has 1 amide bonds. The predicted molar refractivity (Wildman–Crippen MR) is 100 cm³/mol. The summed E-state index contributed by atoms with van der Waals surface area (Å²) in [6, 6.07) is 5.28. The second kappa shape index (κ2) is 11.0. The van der Waals surface area contributed by atoms with Crippen molar-refractivity contribution in [1.82, 2.24) is 25.7 Å². The normalized spacial score (nSPS) is 14.2. The van der Waals surface area contributed by atoms with Gasteiger partial charge in [0, 0.05) is 56.7 Å². The van der Waals surface area contributed by atoms with Gasteiger partial charge in [0.2, 0.25) is 0 Å². The van der Waals surface area contributed by atoms with Gasteiger partial charge in [0.25, 0.3) is 5.91 Å². The molecule has 0 aromatic carbocycles. The van der Waals surface area contributed by atoms with Crippen LogP contribution in [0.15, 0.2) is 35.1 Å². The molecule has 0 bridgehead atoms. The number of hydrogen-bond donors (Lipinski definition) is 2. The van der Waals surface area contributed by atoms with Crippen LogP contribution in [0.4, 0.5) is 0 Å². The highest BCUT2D eigenvalue weighted by atomic mass is 35.5. The highest BCUT2D eigenvalue weighted by molar-refractivity contribution is 5.93. The first kappa shape index (κ1) is 21.4. The van der Waals surface area contributed by atoms with Crippen LogP contribution in [0.1, 0.15) is 16.9 Å². The Kier molecular flexibility index (Phi) is 9.44. The standard InChI is InChI=1S/C16H21N5O2.2ClH/c22-16(19-4-1-9-21-10-7-18-8-11-21)14-12-15(23-20-14)13-2-5-17-6-3-13;;/h2-3,5-6,12,18H,1,4,7-11H2,(H,19,22);2*1H. The Morgan fingerprint density at radius 1 is 1.24 bits per heavy atom. The summed E-state index contributed by atoms with van der Waals surface area (Å²) in [6.07, 6.45) is 4.28. The number of hydrogen-bond acceptors (Lipinski definition) is 6. The molecule has 0 saturated carbocycles. The van der Waals surface area contributed by atoms with E-state index in [4.69, 9.17) is 4.52 Å². The first-order valence-corrected chi connectivity index (χ1v) is 7.91. The Bertz CT molecular complexity index is 632. The van der Waals surface area contributed by atoms with Crippen molar-refractivity contribution in [2.24, 2.45) is 0 Å². The van der Waals surface area contributed by atoms with E-state index < -0.39 is 0 Å². The van der Waals surface area contributed by atoms with Crippen LogP contribution in [0.2, 0.25) is 0 Å². The van der Waals surface area contributed by atoms with Crippen molar-refractivity contribution in [3.63, 3.8) is 0 Å². The number of carbonyl (C=O) groups is 1. The van der Waals surface area contributed by atoms with Crippen molar-refractivity contribution >= 4 is 30.7 Å². The minimum absolute atomic E-state index is 0. The van der Waals surface area contributed by atoms with E-state index in [1.165, 1.54) is 0 Å². The van der Waals surface area contributed by atoms with E-state index >= 15 is 0 Å². The molecule has 0 unspecified atom stereocenters. The summed E-state index contributed by atoms with van der Waals surface area (Å²) in [7, 11) is 0. The van der Waals surface area contributed by atoms with Gasteiger partial charge in [-0.15, -0.1) is 24.8 Å². The summed E-state index contributed by atoms with van der Waals surface area (Å²) < 4.78 is 5.22. The van der Waals surface area contributed by atoms with E-state index in [1.54, 1.807) is 18.5 Å². The summed E-state index contributed by atoms with van der Waals surface area (Å²) in [5, 5.41) is 10.0. The molecule has 2 aromatic heterocycles. The molecule has 3 heterocycles. The van der Waals surface area contributed by atoms with Gasteiger partial charge in [-0.2, -0.15) is 0 Å². The maximum absolute atomic E-state index is 12.1. The fraction of sp³-hybridized carbons (Fsp3) is 0.438. The summed E-state index contributed by atoms with van der Waals surface area (Å²) in [4.78, 5) is 18.4. The maximum Gasteiger partial charge on any atom is 0.273 e. The van der Waals surface area contributed by atoms with Gasteiger partial charge in [0.1, 0.15) is 0 Å². The smallest absolute Gasteiger partial charge is 0.273 e. The zero-order valence-corrected chi connectivity index (χ0v) is 15.4. The highest BCUT2D eigenvalue weighted by Crippen LogP contribution is 2.18. The minimum atomic E-state index is -0.200. The first-order valence-electron chi connectivity index (χ1n) is 7.91. The number of pyridine rings is 1. The molecule has 0 spiro atoms. The average molecular weight is 388 g/mol. The molecule has 9 heteroatoms. The molecule has 1 aliphatic heterocycles. The number of carbonyl (C=O) groups excluding carboxylic acids is 1. The van der Waals surface area contributed by atoms with Crippen LogP contribution in [-0.4, -0.2) is 60.2 Å². The third kappa shape index (κ3) is 6.28. The molecule has 1 saturated heterocycles. The molecular weight excluding hydrogens is 365 g/mol. The number of aromatic nitrogens is 2. The van der Waals surface area contributed by atoms with E-state index in [9.17, 15) is 4.79 Å². The lowest BCUT2D eigenvalue weighted by Gasteiger charge is -2.26. The van der Waals surface area contributed by atoms with E-state index in [1.807, 2.05) is 12.1 Å². The SMILES string of the molecule is Cl.Cl.O=C(NCCCN1CCNCC1)c1cc(-c2ccncc2)on1.